The first kappa shape index (κ1) is 14.2. The number of amides is 1. The lowest BCUT2D eigenvalue weighted by molar-refractivity contribution is 0.102. The van der Waals surface area contributed by atoms with Crippen LogP contribution in [0.25, 0.3) is 11.0 Å². The number of carbonyl (C=O) groups excluding carboxylic acids is 1. The lowest BCUT2D eigenvalue weighted by Gasteiger charge is -2.08. The topological polar surface area (TPSA) is 54.9 Å². The minimum Gasteiger partial charge on any atom is -0.319 e. The summed E-state index contributed by atoms with van der Waals surface area (Å²) in [7, 11) is 0. The maximum Gasteiger partial charge on any atom is 0.258 e. The van der Waals surface area contributed by atoms with E-state index in [4.69, 9.17) is 11.6 Å². The number of hydrogen-bond donors (Lipinski definition) is 2. The molecule has 0 aliphatic heterocycles. The van der Waals surface area contributed by atoms with Gasteiger partial charge in [0.1, 0.15) is 16.9 Å². The Kier molecular flexibility index (Phi) is 3.79. The van der Waals surface area contributed by atoms with Crippen molar-refractivity contribution in [1.29, 1.82) is 0 Å². The van der Waals surface area contributed by atoms with Gasteiger partial charge in [-0.05, 0) is 30.3 Å². The van der Waals surface area contributed by atoms with Crippen LogP contribution >= 0.6 is 36.0 Å². The summed E-state index contributed by atoms with van der Waals surface area (Å²) in [4.78, 5) is 12.7. The van der Waals surface area contributed by atoms with E-state index in [-0.39, 0.29) is 5.56 Å². The van der Waals surface area contributed by atoms with Gasteiger partial charge in [-0.25, -0.2) is 4.39 Å². The molecule has 1 aromatic heterocycles. The highest BCUT2D eigenvalue weighted by Gasteiger charge is 2.17. The van der Waals surface area contributed by atoms with Crippen molar-refractivity contribution in [3.63, 3.8) is 0 Å². The monoisotopic (exact) mass is 339 g/mol. The normalized spacial score (nSPS) is 10.8. The zero-order valence-electron chi connectivity index (χ0n) is 10.3. The zero-order chi connectivity index (χ0) is 15.0. The number of anilines is 1. The Morgan fingerprint density at radius 1 is 1.29 bits per heavy atom. The van der Waals surface area contributed by atoms with Crippen LogP contribution in [0.2, 0.25) is 5.02 Å². The molecule has 0 aliphatic carbocycles. The summed E-state index contributed by atoms with van der Waals surface area (Å²) in [5.74, 6) is -1.25. The smallest absolute Gasteiger partial charge is 0.258 e. The first-order chi connectivity index (χ1) is 10.1. The van der Waals surface area contributed by atoms with Crippen LogP contribution < -0.4 is 5.32 Å². The average molecular weight is 340 g/mol. The Labute approximate surface area is 133 Å². The molecule has 3 aromatic rings. The van der Waals surface area contributed by atoms with Crippen LogP contribution in [0, 0.1) is 5.82 Å². The predicted molar refractivity (Wildman–Crippen MR) is 84.0 cm³/mol. The summed E-state index contributed by atoms with van der Waals surface area (Å²) in [5.41, 5.74) is 1.29. The number of nitrogens with one attached hydrogen (secondary N) is 1. The Hall–Kier alpha value is -1.70. The highest BCUT2D eigenvalue weighted by atomic mass is 35.5. The molecule has 0 bridgehead atoms. The number of carbonyl (C=O) groups is 1. The maximum atomic E-state index is 13.7. The summed E-state index contributed by atoms with van der Waals surface area (Å²) >= 11 is 11.2. The van der Waals surface area contributed by atoms with E-state index in [1.165, 1.54) is 18.2 Å². The highest BCUT2D eigenvalue weighted by Crippen LogP contribution is 2.30. The molecule has 21 heavy (non-hydrogen) atoms. The molecule has 0 unspecified atom stereocenters. The van der Waals surface area contributed by atoms with E-state index in [1.807, 2.05) is 0 Å². The number of nitrogens with zero attached hydrogens (tertiary/aromatic N) is 2. The fraction of sp³-hybridized carbons (Fsp3) is 0. The van der Waals surface area contributed by atoms with Gasteiger partial charge in [-0.3, -0.25) is 4.79 Å². The van der Waals surface area contributed by atoms with E-state index in [2.05, 4.69) is 26.7 Å². The first-order valence-corrected chi connectivity index (χ1v) is 7.32. The molecule has 8 heteroatoms. The number of halogens is 2. The van der Waals surface area contributed by atoms with Crippen molar-refractivity contribution in [2.75, 3.05) is 5.32 Å². The Morgan fingerprint density at radius 2 is 2.10 bits per heavy atom. The van der Waals surface area contributed by atoms with Crippen molar-refractivity contribution in [2.45, 2.75) is 4.90 Å². The van der Waals surface area contributed by atoms with Crippen molar-refractivity contribution in [1.82, 2.24) is 8.75 Å². The average Bonchev–Trinajstić information content (AvgIpc) is 2.93. The minimum absolute atomic E-state index is 0.112. The largest absolute Gasteiger partial charge is 0.319 e. The van der Waals surface area contributed by atoms with E-state index in [9.17, 15) is 9.18 Å². The molecule has 0 atom stereocenters. The molecule has 0 spiro atoms. The summed E-state index contributed by atoms with van der Waals surface area (Å²) in [6.45, 7) is 0. The van der Waals surface area contributed by atoms with Crippen molar-refractivity contribution in [3.8, 4) is 0 Å². The SMILES string of the molecule is O=C(Nc1c(Cl)ccc2nsnc12)c1cc(S)ccc1F. The molecule has 3 rings (SSSR count). The third-order valence-electron chi connectivity index (χ3n) is 2.81. The predicted octanol–water partition coefficient (Wildman–Crippen LogP) is 4.02. The van der Waals surface area contributed by atoms with Gasteiger partial charge in [-0.15, -0.1) is 12.6 Å². The van der Waals surface area contributed by atoms with E-state index < -0.39 is 11.7 Å². The summed E-state index contributed by atoms with van der Waals surface area (Å²) in [5, 5.41) is 2.89. The van der Waals surface area contributed by atoms with Crippen molar-refractivity contribution in [3.05, 3.63) is 46.7 Å². The van der Waals surface area contributed by atoms with Gasteiger partial charge < -0.3 is 5.32 Å². The van der Waals surface area contributed by atoms with Gasteiger partial charge in [-0.1, -0.05) is 11.6 Å². The van der Waals surface area contributed by atoms with Crippen LogP contribution in [0.5, 0.6) is 0 Å². The van der Waals surface area contributed by atoms with Gasteiger partial charge in [0.05, 0.1) is 28.0 Å². The van der Waals surface area contributed by atoms with E-state index >= 15 is 0 Å². The number of aromatic nitrogens is 2. The second-order valence-electron chi connectivity index (χ2n) is 4.17. The second kappa shape index (κ2) is 5.59. The van der Waals surface area contributed by atoms with Crippen molar-refractivity contribution >= 4 is 58.6 Å². The molecule has 1 amide bonds. The number of rotatable bonds is 2. The maximum absolute atomic E-state index is 13.7. The molecular formula is C13H7ClFN3OS2. The lowest BCUT2D eigenvalue weighted by Crippen LogP contribution is -2.14. The molecule has 0 radical (unpaired) electrons. The van der Waals surface area contributed by atoms with E-state index in [1.54, 1.807) is 12.1 Å². The van der Waals surface area contributed by atoms with Gasteiger partial charge in [0, 0.05) is 4.90 Å². The standard InChI is InChI=1S/C13H7ClFN3OS2/c14-8-2-4-10-12(18-21-17-10)11(8)16-13(19)7-5-6(20)1-3-9(7)15/h1-5,20H,(H,16,19). The first-order valence-electron chi connectivity index (χ1n) is 5.77. The number of thiol groups is 1. The second-order valence-corrected chi connectivity index (χ2v) is 5.62. The quantitative estimate of drug-likeness (QED) is 0.693. The number of benzene rings is 2. The molecule has 4 nitrogen and oxygen atoms in total. The van der Waals surface area contributed by atoms with Gasteiger partial charge in [-0.2, -0.15) is 8.75 Å². The molecule has 0 saturated heterocycles. The molecule has 0 fully saturated rings. The molecule has 0 saturated carbocycles. The van der Waals surface area contributed by atoms with Crippen molar-refractivity contribution in [2.24, 2.45) is 0 Å². The van der Waals surface area contributed by atoms with Crippen LogP contribution in [0.4, 0.5) is 10.1 Å². The van der Waals surface area contributed by atoms with Crippen molar-refractivity contribution < 1.29 is 9.18 Å². The number of fused-ring (bicyclic) bond motifs is 1. The van der Waals surface area contributed by atoms with Gasteiger partial charge >= 0.3 is 0 Å². The van der Waals surface area contributed by atoms with Gasteiger partial charge in [0.25, 0.3) is 5.91 Å². The molecular weight excluding hydrogens is 333 g/mol. The minimum atomic E-state index is -0.634. The Balaban J connectivity index is 2.02. The summed E-state index contributed by atoms with van der Waals surface area (Å²) < 4.78 is 21.9. The molecule has 106 valence electrons. The highest BCUT2D eigenvalue weighted by molar-refractivity contribution is 7.80. The molecule has 1 heterocycles. The van der Waals surface area contributed by atoms with Crippen LogP contribution in [-0.2, 0) is 0 Å². The summed E-state index contributed by atoms with van der Waals surface area (Å²) in [6.07, 6.45) is 0. The van der Waals surface area contributed by atoms with Crippen LogP contribution in [0.15, 0.2) is 35.2 Å². The molecule has 0 aliphatic rings. The Morgan fingerprint density at radius 3 is 2.90 bits per heavy atom. The molecule has 1 N–H and O–H groups in total. The molecule has 2 aromatic carbocycles. The fourth-order valence-electron chi connectivity index (χ4n) is 1.81. The summed E-state index contributed by atoms with van der Waals surface area (Å²) in [6, 6.07) is 7.30. The zero-order valence-corrected chi connectivity index (χ0v) is 12.8. The lowest BCUT2D eigenvalue weighted by atomic mass is 10.2. The van der Waals surface area contributed by atoms with Gasteiger partial charge in [0.2, 0.25) is 0 Å². The number of hydrogen-bond acceptors (Lipinski definition) is 5. The fourth-order valence-corrected chi connectivity index (χ4v) is 2.76. The van der Waals surface area contributed by atoms with Crippen LogP contribution in [0.3, 0.4) is 0 Å². The Bertz CT molecular complexity index is 853. The van der Waals surface area contributed by atoms with Crippen LogP contribution in [-0.4, -0.2) is 14.7 Å². The van der Waals surface area contributed by atoms with E-state index in [0.29, 0.717) is 26.6 Å². The van der Waals surface area contributed by atoms with Gasteiger partial charge in [0.15, 0.2) is 0 Å². The third kappa shape index (κ3) is 2.72. The third-order valence-corrected chi connectivity index (χ3v) is 3.95. The van der Waals surface area contributed by atoms with E-state index in [0.717, 1.165) is 11.7 Å². The van der Waals surface area contributed by atoms with Crippen LogP contribution in [0.1, 0.15) is 10.4 Å².